The number of rotatable bonds is 1. The zero-order valence-corrected chi connectivity index (χ0v) is 9.35. The second-order valence-electron chi connectivity index (χ2n) is 3.94. The van der Waals surface area contributed by atoms with Crippen LogP contribution in [0.3, 0.4) is 0 Å². The fourth-order valence-corrected chi connectivity index (χ4v) is 1.89. The second kappa shape index (κ2) is 4.07. The number of anilines is 1. The number of aliphatic imine (C=N–C) groups is 1. The van der Waals surface area contributed by atoms with Gasteiger partial charge in [0, 0.05) is 5.56 Å². The van der Waals surface area contributed by atoms with E-state index in [4.69, 9.17) is 0 Å². The molecular formula is C14H9FN2O. The van der Waals surface area contributed by atoms with Crippen LogP contribution in [0, 0.1) is 5.82 Å². The molecule has 1 N–H and O–H groups in total. The fraction of sp³-hybridized carbons (Fsp3) is 0. The van der Waals surface area contributed by atoms with Crippen LogP contribution in [-0.2, 0) is 4.79 Å². The van der Waals surface area contributed by atoms with Gasteiger partial charge in [-0.25, -0.2) is 9.38 Å². The number of nitrogens with zero attached hydrogens (tertiary/aromatic N) is 1. The first kappa shape index (κ1) is 10.7. The summed E-state index contributed by atoms with van der Waals surface area (Å²) in [4.78, 5) is 16.0. The van der Waals surface area contributed by atoms with Gasteiger partial charge in [0.15, 0.2) is 0 Å². The molecule has 0 bridgehead atoms. The largest absolute Gasteiger partial charge is 0.320 e. The smallest absolute Gasteiger partial charge is 0.275 e. The van der Waals surface area contributed by atoms with Crippen molar-refractivity contribution in [3.05, 3.63) is 59.9 Å². The maximum atomic E-state index is 13.1. The molecule has 18 heavy (non-hydrogen) atoms. The Kier molecular flexibility index (Phi) is 2.41. The summed E-state index contributed by atoms with van der Waals surface area (Å²) in [5.41, 5.74) is 2.22. The Hall–Kier alpha value is -2.49. The molecule has 1 amide bonds. The third kappa shape index (κ3) is 1.78. The predicted octanol–water partition coefficient (Wildman–Crippen LogP) is 2.90. The summed E-state index contributed by atoms with van der Waals surface area (Å²) in [5.74, 6) is -0.635. The summed E-state index contributed by atoms with van der Waals surface area (Å²) >= 11 is 0. The van der Waals surface area contributed by atoms with Crippen molar-refractivity contribution in [1.29, 1.82) is 0 Å². The van der Waals surface area contributed by atoms with E-state index in [-0.39, 0.29) is 11.7 Å². The molecule has 0 unspecified atom stereocenters. The molecule has 4 heteroatoms. The maximum absolute atomic E-state index is 13.1. The lowest BCUT2D eigenvalue weighted by molar-refractivity contribution is -0.110. The monoisotopic (exact) mass is 240 g/mol. The maximum Gasteiger partial charge on any atom is 0.275 e. The molecule has 0 radical (unpaired) electrons. The van der Waals surface area contributed by atoms with E-state index >= 15 is 0 Å². The first-order chi connectivity index (χ1) is 8.74. The van der Waals surface area contributed by atoms with E-state index in [1.54, 1.807) is 18.2 Å². The van der Waals surface area contributed by atoms with Crippen LogP contribution in [0.25, 0.3) is 0 Å². The van der Waals surface area contributed by atoms with Crippen molar-refractivity contribution < 1.29 is 9.18 Å². The molecule has 3 rings (SSSR count). The zero-order valence-electron chi connectivity index (χ0n) is 9.35. The van der Waals surface area contributed by atoms with Crippen LogP contribution in [0.5, 0.6) is 0 Å². The summed E-state index contributed by atoms with van der Waals surface area (Å²) in [6.45, 7) is 0. The average molecular weight is 240 g/mol. The lowest BCUT2D eigenvalue weighted by atomic mass is 10.1. The Labute approximate surface area is 103 Å². The van der Waals surface area contributed by atoms with Crippen molar-refractivity contribution in [2.45, 2.75) is 0 Å². The summed E-state index contributed by atoms with van der Waals surface area (Å²) < 4.78 is 13.1. The Balaban J connectivity index is 2.10. The minimum atomic E-state index is -0.372. The van der Waals surface area contributed by atoms with Crippen LogP contribution in [0.15, 0.2) is 53.5 Å². The van der Waals surface area contributed by atoms with Crippen LogP contribution < -0.4 is 5.32 Å². The van der Waals surface area contributed by atoms with Gasteiger partial charge in [-0.1, -0.05) is 24.3 Å². The van der Waals surface area contributed by atoms with Crippen molar-refractivity contribution in [3.63, 3.8) is 0 Å². The molecule has 0 fully saturated rings. The summed E-state index contributed by atoms with van der Waals surface area (Å²) in [6.07, 6.45) is 0. The van der Waals surface area contributed by atoms with Crippen molar-refractivity contribution in [1.82, 2.24) is 0 Å². The van der Waals surface area contributed by atoms with Crippen molar-refractivity contribution in [2.75, 3.05) is 5.32 Å². The van der Waals surface area contributed by atoms with Gasteiger partial charge in [0.2, 0.25) is 0 Å². The molecule has 3 nitrogen and oxygen atoms in total. The van der Waals surface area contributed by atoms with E-state index in [1.807, 2.05) is 18.2 Å². The van der Waals surface area contributed by atoms with E-state index in [1.165, 1.54) is 12.1 Å². The number of carbonyl (C=O) groups excluding carboxylic acids is 1. The van der Waals surface area contributed by atoms with Gasteiger partial charge in [0.1, 0.15) is 11.5 Å². The third-order valence-electron chi connectivity index (χ3n) is 2.69. The number of carbonyl (C=O) groups is 1. The van der Waals surface area contributed by atoms with E-state index in [2.05, 4.69) is 10.3 Å². The number of para-hydroxylation sites is 1. The lowest BCUT2D eigenvalue weighted by Crippen LogP contribution is -2.13. The van der Waals surface area contributed by atoms with Crippen LogP contribution in [0.1, 0.15) is 5.56 Å². The van der Waals surface area contributed by atoms with E-state index in [0.29, 0.717) is 11.4 Å². The van der Waals surface area contributed by atoms with Crippen molar-refractivity contribution in [3.8, 4) is 0 Å². The molecule has 1 aliphatic heterocycles. The molecule has 1 aliphatic rings. The molecule has 0 saturated carbocycles. The highest BCUT2D eigenvalue weighted by molar-refractivity contribution is 6.54. The van der Waals surface area contributed by atoms with Crippen molar-refractivity contribution >= 4 is 23.0 Å². The van der Waals surface area contributed by atoms with Gasteiger partial charge < -0.3 is 5.32 Å². The molecular weight excluding hydrogens is 231 g/mol. The molecule has 2 aromatic rings. The van der Waals surface area contributed by atoms with Crippen LogP contribution in [-0.4, -0.2) is 11.6 Å². The first-order valence-electron chi connectivity index (χ1n) is 5.49. The number of amides is 1. The lowest BCUT2D eigenvalue weighted by Gasteiger charge is -1.97. The topological polar surface area (TPSA) is 41.5 Å². The molecule has 2 aromatic carbocycles. The zero-order chi connectivity index (χ0) is 12.5. The number of nitrogens with one attached hydrogen (secondary N) is 1. The highest BCUT2D eigenvalue weighted by atomic mass is 19.1. The Morgan fingerprint density at radius 2 is 1.89 bits per heavy atom. The summed E-state index contributed by atoms with van der Waals surface area (Å²) in [6, 6.07) is 13.1. The Morgan fingerprint density at radius 3 is 2.72 bits per heavy atom. The summed E-state index contributed by atoms with van der Waals surface area (Å²) in [5, 5.41) is 2.72. The highest BCUT2D eigenvalue weighted by Gasteiger charge is 2.25. The predicted molar refractivity (Wildman–Crippen MR) is 67.7 cm³/mol. The number of halogens is 1. The van der Waals surface area contributed by atoms with Gasteiger partial charge in [-0.2, -0.15) is 0 Å². The molecule has 0 spiro atoms. The number of hydrogen-bond donors (Lipinski definition) is 1. The van der Waals surface area contributed by atoms with E-state index in [9.17, 15) is 9.18 Å². The fourth-order valence-electron chi connectivity index (χ4n) is 1.89. The van der Waals surface area contributed by atoms with Gasteiger partial charge >= 0.3 is 0 Å². The Morgan fingerprint density at radius 1 is 1.06 bits per heavy atom. The van der Waals surface area contributed by atoms with Gasteiger partial charge in [-0.3, -0.25) is 4.79 Å². The number of benzene rings is 2. The van der Waals surface area contributed by atoms with Gasteiger partial charge in [-0.15, -0.1) is 0 Å². The minimum Gasteiger partial charge on any atom is -0.320 e. The molecule has 0 aliphatic carbocycles. The minimum absolute atomic E-state index is 0.263. The van der Waals surface area contributed by atoms with E-state index in [0.717, 1.165) is 11.3 Å². The average Bonchev–Trinajstić information content (AvgIpc) is 2.66. The van der Waals surface area contributed by atoms with Crippen LogP contribution in [0.4, 0.5) is 15.8 Å². The second-order valence-corrected chi connectivity index (χ2v) is 3.94. The standard InChI is InChI=1S/C14H9FN2O/c15-9-4-3-5-10(8-9)16-13-11-6-1-2-7-12(11)17-14(13)18/h1-8H,(H,16,17,18). The van der Waals surface area contributed by atoms with Crippen LogP contribution >= 0.6 is 0 Å². The van der Waals surface area contributed by atoms with Crippen molar-refractivity contribution in [2.24, 2.45) is 4.99 Å². The van der Waals surface area contributed by atoms with E-state index < -0.39 is 0 Å². The number of hydrogen-bond acceptors (Lipinski definition) is 2. The SMILES string of the molecule is O=C1Nc2ccccc2C1=Nc1cccc(F)c1. The molecule has 0 saturated heterocycles. The summed E-state index contributed by atoms with van der Waals surface area (Å²) in [7, 11) is 0. The molecule has 1 heterocycles. The molecule has 0 atom stereocenters. The van der Waals surface area contributed by atoms with Gasteiger partial charge in [0.25, 0.3) is 5.91 Å². The van der Waals surface area contributed by atoms with Gasteiger partial charge in [0.05, 0.1) is 11.4 Å². The molecule has 88 valence electrons. The van der Waals surface area contributed by atoms with Crippen LogP contribution in [0.2, 0.25) is 0 Å². The number of fused-ring (bicyclic) bond motifs is 1. The van der Waals surface area contributed by atoms with Gasteiger partial charge in [-0.05, 0) is 24.3 Å². The third-order valence-corrected chi connectivity index (χ3v) is 2.69. The highest BCUT2D eigenvalue weighted by Crippen LogP contribution is 2.25. The molecule has 0 aromatic heterocycles. The normalized spacial score (nSPS) is 15.6. The first-order valence-corrected chi connectivity index (χ1v) is 5.49. The Bertz CT molecular complexity index is 664. The quantitative estimate of drug-likeness (QED) is 0.818.